The maximum Gasteiger partial charge on any atom is 0.249 e. The second-order valence-electron chi connectivity index (χ2n) is 6.29. The zero-order chi connectivity index (χ0) is 19.3. The highest BCUT2D eigenvalue weighted by atomic mass is 35.5. The number of imidazole rings is 1. The van der Waals surface area contributed by atoms with Gasteiger partial charge in [0.1, 0.15) is 13.2 Å². The molecule has 0 atom stereocenters. The van der Waals surface area contributed by atoms with E-state index in [2.05, 4.69) is 10.3 Å². The molecule has 1 N–H and O–H groups in total. The highest BCUT2D eigenvalue weighted by Crippen LogP contribution is 2.31. The van der Waals surface area contributed by atoms with Gasteiger partial charge in [0.2, 0.25) is 5.91 Å². The smallest absolute Gasteiger partial charge is 0.249 e. The Hall–Kier alpha value is -3.25. The molecule has 1 aliphatic heterocycles. The van der Waals surface area contributed by atoms with E-state index in [1.807, 2.05) is 47.0 Å². The molecule has 28 heavy (non-hydrogen) atoms. The maximum atomic E-state index is 12.2. The number of hydrogen-bond acceptors (Lipinski definition) is 4. The van der Waals surface area contributed by atoms with Crippen molar-refractivity contribution in [3.8, 4) is 11.5 Å². The number of anilines is 1. The third kappa shape index (κ3) is 4.53. The minimum atomic E-state index is -0.261. The summed E-state index contributed by atoms with van der Waals surface area (Å²) in [6, 6.07) is 13.2. The van der Waals surface area contributed by atoms with Gasteiger partial charge in [0.05, 0.1) is 6.33 Å². The van der Waals surface area contributed by atoms with Crippen molar-refractivity contribution in [1.29, 1.82) is 0 Å². The lowest BCUT2D eigenvalue weighted by atomic mass is 10.2. The van der Waals surface area contributed by atoms with Gasteiger partial charge in [-0.3, -0.25) is 4.79 Å². The molecule has 2 aromatic carbocycles. The molecular formula is C21H18ClN3O3. The molecule has 1 amide bonds. The number of hydrogen-bond donors (Lipinski definition) is 1. The average Bonchev–Trinajstić information content (AvgIpc) is 3.13. The Bertz CT molecular complexity index is 1030. The lowest BCUT2D eigenvalue weighted by molar-refractivity contribution is -0.111. The Morgan fingerprint density at radius 3 is 2.89 bits per heavy atom. The lowest BCUT2D eigenvalue weighted by Crippen LogP contribution is -2.15. The summed E-state index contributed by atoms with van der Waals surface area (Å²) in [7, 11) is 0. The maximum absolute atomic E-state index is 12.2. The molecule has 0 spiro atoms. The van der Waals surface area contributed by atoms with E-state index in [4.69, 9.17) is 21.1 Å². The van der Waals surface area contributed by atoms with Crippen LogP contribution in [0.1, 0.15) is 11.1 Å². The predicted molar refractivity (Wildman–Crippen MR) is 108 cm³/mol. The number of carbonyl (C=O) groups is 1. The first-order valence-corrected chi connectivity index (χ1v) is 9.18. The van der Waals surface area contributed by atoms with E-state index >= 15 is 0 Å². The fourth-order valence-electron chi connectivity index (χ4n) is 2.86. The molecule has 0 saturated heterocycles. The molecule has 0 radical (unpaired) electrons. The van der Waals surface area contributed by atoms with Crippen LogP contribution in [0.5, 0.6) is 11.5 Å². The van der Waals surface area contributed by atoms with E-state index in [9.17, 15) is 4.79 Å². The highest BCUT2D eigenvalue weighted by Gasteiger charge is 2.11. The van der Waals surface area contributed by atoms with Crippen LogP contribution in [0.25, 0.3) is 6.08 Å². The third-order valence-electron chi connectivity index (χ3n) is 4.13. The van der Waals surface area contributed by atoms with Crippen molar-refractivity contribution in [1.82, 2.24) is 9.55 Å². The molecule has 1 aliphatic rings. The van der Waals surface area contributed by atoms with E-state index in [0.29, 0.717) is 36.3 Å². The van der Waals surface area contributed by atoms with Crippen molar-refractivity contribution in [2.75, 3.05) is 18.5 Å². The number of carbonyl (C=O) groups excluding carboxylic acids is 1. The average molecular weight is 396 g/mol. The van der Waals surface area contributed by atoms with E-state index in [1.165, 1.54) is 6.08 Å². The molecule has 0 bridgehead atoms. The minimum absolute atomic E-state index is 0.261. The zero-order valence-electron chi connectivity index (χ0n) is 15.0. The second kappa shape index (κ2) is 8.19. The van der Waals surface area contributed by atoms with Crippen molar-refractivity contribution < 1.29 is 14.3 Å². The van der Waals surface area contributed by atoms with E-state index in [-0.39, 0.29) is 5.91 Å². The van der Waals surface area contributed by atoms with Crippen molar-refractivity contribution >= 4 is 29.4 Å². The van der Waals surface area contributed by atoms with Crippen LogP contribution < -0.4 is 14.8 Å². The van der Waals surface area contributed by atoms with Gasteiger partial charge >= 0.3 is 0 Å². The standard InChI is InChI=1S/C21H18ClN3O3/c22-17-3-1-2-16(10-17)12-25-13-20(23-14-25)24-21(26)7-5-15-4-6-18-19(11-15)28-9-8-27-18/h1-7,10-11,13-14H,8-9,12H2,(H,24,26)/b7-5+. The molecule has 0 aliphatic carbocycles. The van der Waals surface area contributed by atoms with Crippen molar-refractivity contribution in [3.05, 3.63) is 77.2 Å². The fourth-order valence-corrected chi connectivity index (χ4v) is 3.07. The van der Waals surface area contributed by atoms with Gasteiger partial charge < -0.3 is 19.4 Å². The van der Waals surface area contributed by atoms with Gasteiger partial charge in [-0.05, 0) is 41.5 Å². The van der Waals surface area contributed by atoms with E-state index in [1.54, 1.807) is 18.6 Å². The fraction of sp³-hybridized carbons (Fsp3) is 0.143. The topological polar surface area (TPSA) is 65.4 Å². The van der Waals surface area contributed by atoms with Crippen LogP contribution in [0.2, 0.25) is 5.02 Å². The second-order valence-corrected chi connectivity index (χ2v) is 6.72. The Morgan fingerprint density at radius 2 is 2.04 bits per heavy atom. The van der Waals surface area contributed by atoms with Crippen LogP contribution in [0.3, 0.4) is 0 Å². The van der Waals surface area contributed by atoms with Crippen LogP contribution in [-0.2, 0) is 11.3 Å². The first kappa shape index (κ1) is 18.1. The molecule has 1 aromatic heterocycles. The van der Waals surface area contributed by atoms with Gasteiger partial charge in [-0.25, -0.2) is 4.98 Å². The number of amides is 1. The van der Waals surface area contributed by atoms with Gasteiger partial charge in [-0.2, -0.15) is 0 Å². The van der Waals surface area contributed by atoms with Gasteiger partial charge in [0.15, 0.2) is 17.3 Å². The number of rotatable bonds is 5. The molecule has 2 heterocycles. The summed E-state index contributed by atoms with van der Waals surface area (Å²) < 4.78 is 12.9. The molecule has 3 aromatic rings. The van der Waals surface area contributed by atoms with Crippen LogP contribution >= 0.6 is 11.6 Å². The van der Waals surface area contributed by atoms with Crippen molar-refractivity contribution in [3.63, 3.8) is 0 Å². The molecule has 0 saturated carbocycles. The number of ether oxygens (including phenoxy) is 2. The molecule has 0 unspecified atom stereocenters. The van der Waals surface area contributed by atoms with Gasteiger partial charge in [0, 0.05) is 23.8 Å². The Balaban J connectivity index is 1.36. The molecule has 0 fully saturated rings. The summed E-state index contributed by atoms with van der Waals surface area (Å²) in [5.74, 6) is 1.63. The number of fused-ring (bicyclic) bond motifs is 1. The molecular weight excluding hydrogens is 378 g/mol. The van der Waals surface area contributed by atoms with Crippen LogP contribution in [0.15, 0.2) is 61.1 Å². The number of nitrogens with zero attached hydrogens (tertiary/aromatic N) is 2. The minimum Gasteiger partial charge on any atom is -0.486 e. The number of halogens is 1. The van der Waals surface area contributed by atoms with Gasteiger partial charge in [-0.15, -0.1) is 0 Å². The Morgan fingerprint density at radius 1 is 1.18 bits per heavy atom. The van der Waals surface area contributed by atoms with E-state index in [0.717, 1.165) is 16.9 Å². The normalized spacial score (nSPS) is 12.9. The summed E-state index contributed by atoms with van der Waals surface area (Å²) in [6.45, 7) is 1.70. The molecule has 6 nitrogen and oxygen atoms in total. The van der Waals surface area contributed by atoms with Gasteiger partial charge in [0.25, 0.3) is 0 Å². The Kier molecular flexibility index (Phi) is 5.30. The van der Waals surface area contributed by atoms with E-state index < -0.39 is 0 Å². The molecule has 4 rings (SSSR count). The van der Waals surface area contributed by atoms with Crippen molar-refractivity contribution in [2.24, 2.45) is 0 Å². The quantitative estimate of drug-likeness (QED) is 0.663. The first-order chi connectivity index (χ1) is 13.7. The third-order valence-corrected chi connectivity index (χ3v) is 4.37. The highest BCUT2D eigenvalue weighted by molar-refractivity contribution is 6.30. The number of aromatic nitrogens is 2. The zero-order valence-corrected chi connectivity index (χ0v) is 15.7. The SMILES string of the molecule is O=C(/C=C/c1ccc2c(c1)OCCO2)Nc1cn(Cc2cccc(Cl)c2)cn1. The first-order valence-electron chi connectivity index (χ1n) is 8.81. The summed E-state index contributed by atoms with van der Waals surface area (Å²) >= 11 is 6.01. The number of nitrogens with one attached hydrogen (secondary N) is 1. The predicted octanol–water partition coefficient (Wildman–Crippen LogP) is 4.01. The van der Waals surface area contributed by atoms with Crippen LogP contribution in [-0.4, -0.2) is 28.7 Å². The lowest BCUT2D eigenvalue weighted by Gasteiger charge is -2.18. The number of benzene rings is 2. The van der Waals surface area contributed by atoms with Crippen LogP contribution in [0.4, 0.5) is 5.82 Å². The summed E-state index contributed by atoms with van der Waals surface area (Å²) in [6.07, 6.45) is 6.62. The summed E-state index contributed by atoms with van der Waals surface area (Å²) in [5, 5.41) is 3.44. The monoisotopic (exact) mass is 395 g/mol. The molecule has 142 valence electrons. The Labute approximate surface area is 167 Å². The van der Waals surface area contributed by atoms with Gasteiger partial charge in [-0.1, -0.05) is 29.8 Å². The largest absolute Gasteiger partial charge is 0.486 e. The van der Waals surface area contributed by atoms with Crippen molar-refractivity contribution in [2.45, 2.75) is 6.54 Å². The summed E-state index contributed by atoms with van der Waals surface area (Å²) in [4.78, 5) is 16.4. The molecule has 7 heteroatoms. The summed E-state index contributed by atoms with van der Waals surface area (Å²) in [5.41, 5.74) is 1.91. The van der Waals surface area contributed by atoms with Crippen LogP contribution in [0, 0.1) is 0 Å².